The second-order valence-corrected chi connectivity index (χ2v) is 6.32. The molecule has 0 aliphatic heterocycles. The lowest BCUT2D eigenvalue weighted by molar-refractivity contribution is 0.940. The van der Waals surface area contributed by atoms with Gasteiger partial charge in [0.05, 0.1) is 22.1 Å². The zero-order valence-corrected chi connectivity index (χ0v) is 14.6. The highest BCUT2D eigenvalue weighted by Crippen LogP contribution is 2.18. The van der Waals surface area contributed by atoms with Crippen LogP contribution in [0.5, 0.6) is 0 Å². The minimum Gasteiger partial charge on any atom is -0.320 e. The molecule has 0 aliphatic rings. The number of hydrogen-bond acceptors (Lipinski definition) is 2. The molecule has 28 heavy (non-hydrogen) atoms. The molecule has 0 bridgehead atoms. The van der Waals surface area contributed by atoms with Crippen molar-refractivity contribution in [2.24, 2.45) is 14.1 Å². The first-order valence-corrected chi connectivity index (χ1v) is 8.48. The predicted octanol–water partition coefficient (Wildman–Crippen LogP) is 4.92. The van der Waals surface area contributed by atoms with Gasteiger partial charge in [-0.15, -0.1) is 0 Å². The summed E-state index contributed by atoms with van der Waals surface area (Å²) in [5.41, 5.74) is 4.63. The van der Waals surface area contributed by atoms with Gasteiger partial charge in [0.15, 0.2) is 0 Å². The largest absolute Gasteiger partial charge is 0.320 e. The van der Waals surface area contributed by atoms with Crippen molar-refractivity contribution < 1.29 is 0 Å². The van der Waals surface area contributed by atoms with Crippen molar-refractivity contribution in [3.8, 4) is 0 Å². The molecule has 0 atom stereocenters. The summed E-state index contributed by atoms with van der Waals surface area (Å²) >= 11 is 0. The summed E-state index contributed by atoms with van der Waals surface area (Å²) in [5.74, 6) is 1.97. The van der Waals surface area contributed by atoms with E-state index in [9.17, 15) is 0 Å². The fraction of sp³-hybridized carbons (Fsp3) is 0.182. The van der Waals surface area contributed by atoms with Crippen molar-refractivity contribution >= 4 is 33.6 Å². The van der Waals surface area contributed by atoms with Crippen LogP contribution in [0.4, 0.5) is 0 Å². The summed E-state index contributed by atoms with van der Waals surface area (Å²) in [6.45, 7) is 0. The number of rotatable bonds is 0. The van der Waals surface area contributed by atoms with Gasteiger partial charge in [-0.25, -0.2) is 9.97 Å². The highest BCUT2D eigenvalue weighted by atomic mass is 15.2. The van der Waals surface area contributed by atoms with Gasteiger partial charge in [-0.3, -0.25) is 8.80 Å². The second kappa shape index (κ2) is 7.23. The van der Waals surface area contributed by atoms with E-state index in [0.29, 0.717) is 0 Å². The van der Waals surface area contributed by atoms with E-state index < -0.39 is 0 Å². The van der Waals surface area contributed by atoms with E-state index in [2.05, 4.69) is 41.5 Å². The summed E-state index contributed by atoms with van der Waals surface area (Å²) in [6.07, 6.45) is 7.85. The molecule has 0 unspecified atom stereocenters. The molecule has 0 N–H and O–H groups in total. The number of nitrogens with zero attached hydrogens (tertiary/aromatic N) is 6. The molecule has 6 aromatic rings. The summed E-state index contributed by atoms with van der Waals surface area (Å²) in [7, 11) is 4.03. The highest BCUT2D eigenvalue weighted by Gasteiger charge is 2.06. The van der Waals surface area contributed by atoms with Gasteiger partial charge < -0.3 is 9.13 Å². The van der Waals surface area contributed by atoms with Crippen LogP contribution in [0.1, 0.15) is 14.9 Å². The van der Waals surface area contributed by atoms with E-state index in [1.165, 1.54) is 11.0 Å². The molecular weight excluding hydrogens is 348 g/mol. The molecule has 0 saturated carbocycles. The molecule has 0 fully saturated rings. The zero-order valence-electron chi connectivity index (χ0n) is 14.6. The molecule has 6 heteroatoms. The fourth-order valence-corrected chi connectivity index (χ4v) is 3.45. The van der Waals surface area contributed by atoms with Crippen molar-refractivity contribution in [3.63, 3.8) is 0 Å². The van der Waals surface area contributed by atoms with Crippen LogP contribution in [0, 0.1) is 0 Å². The highest BCUT2D eigenvalue weighted by molar-refractivity contribution is 5.80. The number of fused-ring (bicyclic) bond motifs is 6. The number of para-hydroxylation sites is 4. The minimum atomic E-state index is 0. The Morgan fingerprint density at radius 3 is 2.11 bits per heavy atom. The Morgan fingerprint density at radius 2 is 1.32 bits per heavy atom. The molecule has 4 heterocycles. The third-order valence-electron chi connectivity index (χ3n) is 4.76. The summed E-state index contributed by atoms with van der Waals surface area (Å²) in [6, 6.07) is 16.4. The molecule has 2 aromatic carbocycles. The monoisotopic (exact) mass is 374 g/mol. The Morgan fingerprint density at radius 1 is 0.679 bits per heavy atom. The Kier molecular flexibility index (Phi) is 4.96. The maximum Gasteiger partial charge on any atom is 0.214 e. The van der Waals surface area contributed by atoms with Crippen molar-refractivity contribution in [1.82, 2.24) is 27.9 Å². The van der Waals surface area contributed by atoms with E-state index in [-0.39, 0.29) is 14.9 Å². The molecule has 0 aliphatic carbocycles. The lowest BCUT2D eigenvalue weighted by Gasteiger charge is -1.92. The van der Waals surface area contributed by atoms with Crippen LogP contribution in [0.15, 0.2) is 73.3 Å². The van der Waals surface area contributed by atoms with Crippen LogP contribution < -0.4 is 0 Å². The molecule has 0 amide bonds. The number of aromatic nitrogens is 6. The maximum absolute atomic E-state index is 4.50. The van der Waals surface area contributed by atoms with Gasteiger partial charge in [0.25, 0.3) is 0 Å². The topological polar surface area (TPSA) is 44.5 Å². The predicted molar refractivity (Wildman–Crippen MR) is 117 cm³/mol. The number of benzene rings is 2. The molecule has 0 radical (unpaired) electrons. The fourth-order valence-electron chi connectivity index (χ4n) is 3.45. The summed E-state index contributed by atoms with van der Waals surface area (Å²) in [5, 5.41) is 0. The van der Waals surface area contributed by atoms with Crippen LogP contribution in [0.3, 0.4) is 0 Å². The van der Waals surface area contributed by atoms with Crippen LogP contribution in [-0.4, -0.2) is 27.9 Å². The SMILES string of the molecule is C.C.Cn1c2ccccc2n2ccnc12.Cn1ccn2c3ccccc3nc12. The first-order chi connectivity index (χ1) is 12.7. The summed E-state index contributed by atoms with van der Waals surface area (Å²) in [4.78, 5) is 8.78. The Bertz CT molecular complexity index is 1360. The van der Waals surface area contributed by atoms with E-state index in [1.54, 1.807) is 0 Å². The second-order valence-electron chi connectivity index (χ2n) is 6.32. The molecule has 144 valence electrons. The van der Waals surface area contributed by atoms with Gasteiger partial charge in [0, 0.05) is 38.9 Å². The number of imidazole rings is 4. The molecule has 0 saturated heterocycles. The van der Waals surface area contributed by atoms with Gasteiger partial charge >= 0.3 is 0 Å². The first-order valence-electron chi connectivity index (χ1n) is 8.48. The lowest BCUT2D eigenvalue weighted by atomic mass is 10.3. The van der Waals surface area contributed by atoms with E-state index in [4.69, 9.17) is 0 Å². The van der Waals surface area contributed by atoms with Crippen LogP contribution >= 0.6 is 0 Å². The van der Waals surface area contributed by atoms with Gasteiger partial charge in [0.2, 0.25) is 11.6 Å². The zero-order chi connectivity index (χ0) is 17.7. The van der Waals surface area contributed by atoms with E-state index in [1.807, 2.05) is 73.8 Å². The third kappa shape index (κ3) is 2.74. The molecule has 0 spiro atoms. The standard InChI is InChI=1S/2C10H9N3.2CH4/c1-12-6-7-13-9-5-3-2-4-8(9)11-10(12)13;1-12-8-4-2-3-5-9(8)13-7-6-11-10(12)13;;/h2*2-7H,1H3;2*1H4. The molecule has 4 aromatic heterocycles. The first kappa shape index (κ1) is 19.2. The van der Waals surface area contributed by atoms with Crippen molar-refractivity contribution in [1.29, 1.82) is 0 Å². The Labute approximate surface area is 164 Å². The van der Waals surface area contributed by atoms with Crippen molar-refractivity contribution in [2.45, 2.75) is 14.9 Å². The van der Waals surface area contributed by atoms with E-state index >= 15 is 0 Å². The number of aryl methyl sites for hydroxylation is 2. The quantitative estimate of drug-likeness (QED) is 0.379. The van der Waals surface area contributed by atoms with Crippen LogP contribution in [-0.2, 0) is 14.1 Å². The third-order valence-corrected chi connectivity index (χ3v) is 4.76. The van der Waals surface area contributed by atoms with Gasteiger partial charge in [-0.05, 0) is 24.3 Å². The normalized spacial score (nSPS) is 10.6. The van der Waals surface area contributed by atoms with Crippen LogP contribution in [0.25, 0.3) is 33.6 Å². The molecular formula is C22H26N6. The van der Waals surface area contributed by atoms with Gasteiger partial charge in [-0.1, -0.05) is 39.1 Å². The minimum absolute atomic E-state index is 0. The van der Waals surface area contributed by atoms with Gasteiger partial charge in [-0.2, -0.15) is 0 Å². The number of hydrogen-bond donors (Lipinski definition) is 0. The lowest BCUT2D eigenvalue weighted by Crippen LogP contribution is -1.87. The van der Waals surface area contributed by atoms with E-state index in [0.717, 1.165) is 22.6 Å². The van der Waals surface area contributed by atoms with Crippen molar-refractivity contribution in [2.75, 3.05) is 0 Å². The van der Waals surface area contributed by atoms with Crippen molar-refractivity contribution in [3.05, 3.63) is 73.3 Å². The smallest absolute Gasteiger partial charge is 0.214 e. The molecule has 6 nitrogen and oxygen atoms in total. The molecule has 6 rings (SSSR count). The maximum atomic E-state index is 4.50. The average molecular weight is 374 g/mol. The van der Waals surface area contributed by atoms with Gasteiger partial charge in [0.1, 0.15) is 0 Å². The van der Waals surface area contributed by atoms with Crippen LogP contribution in [0.2, 0.25) is 0 Å². The summed E-state index contributed by atoms with van der Waals surface area (Å²) < 4.78 is 8.29. The Balaban J connectivity index is 0.000000150. The Hall–Kier alpha value is -3.54. The average Bonchev–Trinajstić information content (AvgIpc) is 3.41.